The van der Waals surface area contributed by atoms with Crippen molar-refractivity contribution in [1.82, 2.24) is 0 Å². The zero-order valence-electron chi connectivity index (χ0n) is 16.0. The Morgan fingerprint density at radius 3 is 2.67 bits per heavy atom. The van der Waals surface area contributed by atoms with E-state index in [1.165, 1.54) is 0 Å². The van der Waals surface area contributed by atoms with E-state index in [4.69, 9.17) is 5.73 Å². The van der Waals surface area contributed by atoms with Gasteiger partial charge in [-0.05, 0) is 59.7 Å². The van der Waals surface area contributed by atoms with E-state index in [1.807, 2.05) is 42.5 Å². The van der Waals surface area contributed by atoms with Gasteiger partial charge >= 0.3 is 0 Å². The molecule has 0 fully saturated rings. The molecule has 1 amide bonds. The van der Waals surface area contributed by atoms with E-state index in [1.54, 1.807) is 11.8 Å². The molecule has 5 nitrogen and oxygen atoms in total. The fraction of sp³-hybridized carbons (Fsp3) is 0.125. The third-order valence-corrected chi connectivity index (χ3v) is 6.64. The van der Waals surface area contributed by atoms with Crippen molar-refractivity contribution < 1.29 is 9.90 Å². The second-order valence-electron chi connectivity index (χ2n) is 7.27. The normalized spacial score (nSPS) is 14.3. The molecule has 146 valence electrons. The van der Waals surface area contributed by atoms with E-state index in [9.17, 15) is 15.2 Å². The minimum absolute atomic E-state index is 0.0940. The number of nitrogens with zero attached hydrogens (tertiary/aromatic N) is 2. The molecule has 0 saturated heterocycles. The number of hydrogen-bond acceptors (Lipinski definition) is 5. The number of nitriles is 1. The molecule has 3 aromatic rings. The van der Waals surface area contributed by atoms with E-state index in [0.717, 1.165) is 37.3 Å². The fourth-order valence-corrected chi connectivity index (χ4v) is 5.22. The molecule has 1 heterocycles. The van der Waals surface area contributed by atoms with E-state index in [0.29, 0.717) is 29.8 Å². The van der Waals surface area contributed by atoms with E-state index < -0.39 is 5.91 Å². The number of aliphatic imine (C=N–C) groups is 1. The summed E-state index contributed by atoms with van der Waals surface area (Å²) in [5.74, 6) is -0.470. The van der Waals surface area contributed by atoms with Crippen LogP contribution < -0.4 is 5.73 Å². The van der Waals surface area contributed by atoms with Gasteiger partial charge in [-0.2, -0.15) is 5.26 Å². The number of benzene rings is 3. The lowest BCUT2D eigenvalue weighted by molar-refractivity contribution is -0.113. The van der Waals surface area contributed by atoms with E-state index in [2.05, 4.69) is 17.1 Å². The first-order valence-electron chi connectivity index (χ1n) is 9.63. The summed E-state index contributed by atoms with van der Waals surface area (Å²) in [5, 5.41) is 21.1. The van der Waals surface area contributed by atoms with Crippen molar-refractivity contribution in [2.24, 2.45) is 4.99 Å². The van der Waals surface area contributed by atoms with Gasteiger partial charge in [0, 0.05) is 38.6 Å². The maximum Gasteiger partial charge on any atom is 0.288 e. The van der Waals surface area contributed by atoms with Crippen molar-refractivity contribution in [2.75, 3.05) is 12.3 Å². The Balaban J connectivity index is 1.77. The Morgan fingerprint density at radius 1 is 1.13 bits per heavy atom. The highest BCUT2D eigenvalue weighted by Crippen LogP contribution is 2.47. The van der Waals surface area contributed by atoms with Crippen molar-refractivity contribution in [1.29, 1.82) is 5.26 Å². The zero-order valence-corrected chi connectivity index (χ0v) is 16.8. The fourth-order valence-electron chi connectivity index (χ4n) is 4.14. The van der Waals surface area contributed by atoms with Crippen molar-refractivity contribution in [2.45, 2.75) is 22.6 Å². The van der Waals surface area contributed by atoms with Crippen LogP contribution in [0.3, 0.4) is 0 Å². The smallest absolute Gasteiger partial charge is 0.288 e. The lowest BCUT2D eigenvalue weighted by Gasteiger charge is -2.15. The van der Waals surface area contributed by atoms with Gasteiger partial charge in [-0.25, -0.2) is 4.99 Å². The summed E-state index contributed by atoms with van der Waals surface area (Å²) in [6.07, 6.45) is 1.32. The number of allylic oxidation sites excluding steroid dienone is 1. The first-order chi connectivity index (χ1) is 14.6. The molecule has 0 radical (unpaired) electrons. The van der Waals surface area contributed by atoms with Crippen LogP contribution in [-0.2, 0) is 11.2 Å². The van der Waals surface area contributed by atoms with Gasteiger partial charge in [0.2, 0.25) is 0 Å². The Bertz CT molecular complexity index is 1330. The molecule has 0 saturated carbocycles. The molecule has 3 aromatic carbocycles. The largest absolute Gasteiger partial charge is 0.399 e. The SMILES string of the molecule is N#CC1=C2C(=NC1=O)c1cccc3c(Sc4ccc(N)cc4)c(CCCO)cc2c13. The minimum atomic E-state index is -0.470. The molecule has 6 heteroatoms. The van der Waals surface area contributed by atoms with Gasteiger partial charge in [-0.3, -0.25) is 4.79 Å². The van der Waals surface area contributed by atoms with Gasteiger partial charge in [0.25, 0.3) is 5.91 Å². The third kappa shape index (κ3) is 2.75. The van der Waals surface area contributed by atoms with Crippen LogP contribution in [0.15, 0.2) is 68.9 Å². The van der Waals surface area contributed by atoms with Gasteiger partial charge in [0.1, 0.15) is 11.6 Å². The number of nitrogen functional groups attached to an aromatic ring is 1. The summed E-state index contributed by atoms with van der Waals surface area (Å²) in [7, 11) is 0. The molecule has 0 atom stereocenters. The number of fused-ring (bicyclic) bond motifs is 3. The molecular formula is C24H17N3O2S. The predicted molar refractivity (Wildman–Crippen MR) is 118 cm³/mol. The minimum Gasteiger partial charge on any atom is -0.399 e. The lowest BCUT2D eigenvalue weighted by atomic mass is 9.96. The Morgan fingerprint density at radius 2 is 1.93 bits per heavy atom. The summed E-state index contributed by atoms with van der Waals surface area (Å²) in [6, 6.07) is 17.8. The number of carbonyl (C=O) groups is 1. The highest BCUT2D eigenvalue weighted by Gasteiger charge is 2.36. The van der Waals surface area contributed by atoms with Gasteiger partial charge in [-0.1, -0.05) is 30.0 Å². The van der Waals surface area contributed by atoms with Gasteiger partial charge < -0.3 is 10.8 Å². The Kier molecular flexibility index (Phi) is 4.43. The topological polar surface area (TPSA) is 99.5 Å². The first-order valence-corrected chi connectivity index (χ1v) is 10.5. The van der Waals surface area contributed by atoms with Crippen LogP contribution in [0, 0.1) is 11.3 Å². The molecule has 0 unspecified atom stereocenters. The van der Waals surface area contributed by atoms with Crippen LogP contribution in [-0.4, -0.2) is 23.3 Å². The maximum atomic E-state index is 12.2. The molecule has 1 aliphatic heterocycles. The van der Waals surface area contributed by atoms with Gasteiger partial charge in [0.05, 0.1) is 5.71 Å². The van der Waals surface area contributed by atoms with Crippen LogP contribution >= 0.6 is 11.8 Å². The summed E-state index contributed by atoms with van der Waals surface area (Å²) < 4.78 is 0. The number of anilines is 1. The summed E-state index contributed by atoms with van der Waals surface area (Å²) in [4.78, 5) is 18.6. The number of rotatable bonds is 5. The Hall–Kier alpha value is -3.40. The van der Waals surface area contributed by atoms with E-state index in [-0.39, 0.29) is 12.2 Å². The van der Waals surface area contributed by atoms with Crippen molar-refractivity contribution in [3.8, 4) is 6.07 Å². The number of nitrogens with two attached hydrogens (primary N) is 1. The van der Waals surface area contributed by atoms with Gasteiger partial charge in [-0.15, -0.1) is 0 Å². The van der Waals surface area contributed by atoms with Crippen molar-refractivity contribution in [3.63, 3.8) is 0 Å². The third-order valence-electron chi connectivity index (χ3n) is 5.44. The van der Waals surface area contributed by atoms with Gasteiger partial charge in [0.15, 0.2) is 0 Å². The molecule has 0 spiro atoms. The standard InChI is InChI=1S/C24H17N3O2S/c25-12-19-21-18-11-13(3-2-10-28)23(30-15-8-6-14(26)7-9-15)17-5-1-4-16(20(17)18)22(21)27-24(19)29/h1,4-9,11,28H,2-3,10,26H2. The Labute approximate surface area is 177 Å². The predicted octanol–water partition coefficient (Wildman–Crippen LogP) is 4.12. The van der Waals surface area contributed by atoms with Crippen LogP contribution in [0.5, 0.6) is 0 Å². The molecule has 0 aromatic heterocycles. The van der Waals surface area contributed by atoms with Crippen LogP contribution in [0.2, 0.25) is 0 Å². The number of hydrogen-bond donors (Lipinski definition) is 2. The maximum absolute atomic E-state index is 12.2. The monoisotopic (exact) mass is 411 g/mol. The molecule has 1 aliphatic carbocycles. The van der Waals surface area contributed by atoms with Crippen molar-refractivity contribution >= 4 is 45.4 Å². The molecule has 5 rings (SSSR count). The van der Waals surface area contributed by atoms with E-state index >= 15 is 0 Å². The quantitative estimate of drug-likeness (QED) is 0.615. The molecule has 30 heavy (non-hydrogen) atoms. The molecule has 2 aliphatic rings. The molecule has 3 N–H and O–H groups in total. The molecular weight excluding hydrogens is 394 g/mol. The lowest BCUT2D eigenvalue weighted by Crippen LogP contribution is -1.97. The van der Waals surface area contributed by atoms with Crippen LogP contribution in [0.25, 0.3) is 16.3 Å². The highest BCUT2D eigenvalue weighted by molar-refractivity contribution is 7.99. The molecule has 0 bridgehead atoms. The van der Waals surface area contributed by atoms with Crippen LogP contribution in [0.4, 0.5) is 5.69 Å². The number of aliphatic hydroxyl groups is 1. The number of amides is 1. The highest BCUT2D eigenvalue weighted by atomic mass is 32.2. The average molecular weight is 411 g/mol. The zero-order chi connectivity index (χ0) is 20.8. The summed E-state index contributed by atoms with van der Waals surface area (Å²) in [5.41, 5.74) is 10.8. The van der Waals surface area contributed by atoms with Crippen LogP contribution in [0.1, 0.15) is 23.1 Å². The average Bonchev–Trinajstić information content (AvgIpc) is 3.24. The summed E-state index contributed by atoms with van der Waals surface area (Å²) >= 11 is 1.66. The number of aryl methyl sites for hydroxylation is 1. The number of aliphatic hydroxyl groups excluding tert-OH is 1. The second-order valence-corrected chi connectivity index (χ2v) is 8.35. The van der Waals surface area contributed by atoms with Crippen molar-refractivity contribution in [3.05, 3.63) is 70.8 Å². The number of carbonyl (C=O) groups excluding carboxylic acids is 1. The summed E-state index contributed by atoms with van der Waals surface area (Å²) in [6.45, 7) is 0.0940. The first kappa shape index (κ1) is 18.6. The second kappa shape index (κ2) is 7.13.